The average molecular weight is 420 g/mol. The Morgan fingerprint density at radius 1 is 0.900 bits per heavy atom. The summed E-state index contributed by atoms with van der Waals surface area (Å²) in [5.41, 5.74) is 1.48. The van der Waals surface area contributed by atoms with Crippen LogP contribution in [0.1, 0.15) is 39.9 Å². The number of alkyl halides is 3. The van der Waals surface area contributed by atoms with Crippen molar-refractivity contribution in [3.05, 3.63) is 70.8 Å². The van der Waals surface area contributed by atoms with E-state index in [0.717, 1.165) is 49.5 Å². The van der Waals surface area contributed by atoms with Gasteiger partial charge in [-0.05, 0) is 29.8 Å². The molecule has 3 rings (SSSR count). The molecule has 1 fully saturated rings. The van der Waals surface area contributed by atoms with Crippen LogP contribution in [-0.4, -0.2) is 31.4 Å². The Hall–Kier alpha value is -2.87. The van der Waals surface area contributed by atoms with E-state index in [1.54, 1.807) is 0 Å². The zero-order valence-electron chi connectivity index (χ0n) is 16.5. The topological polar surface area (TPSA) is 62.6 Å². The summed E-state index contributed by atoms with van der Waals surface area (Å²) in [5.74, 6) is -0.963. The normalized spacial score (nSPS) is 14.5. The Labute approximate surface area is 173 Å². The number of hydrogen-bond donors (Lipinski definition) is 3. The zero-order valence-corrected chi connectivity index (χ0v) is 16.5. The summed E-state index contributed by atoms with van der Waals surface area (Å²) >= 11 is 0. The van der Waals surface area contributed by atoms with Gasteiger partial charge >= 0.3 is 6.18 Å². The number of amides is 2. The first-order valence-electron chi connectivity index (χ1n) is 9.95. The third kappa shape index (κ3) is 6.06. The molecule has 2 aromatic carbocycles. The lowest BCUT2D eigenvalue weighted by Crippen LogP contribution is -3.08. The quantitative estimate of drug-likeness (QED) is 0.641. The predicted octanol–water partition coefficient (Wildman–Crippen LogP) is 1.93. The van der Waals surface area contributed by atoms with Gasteiger partial charge in [-0.25, -0.2) is 0 Å². The number of nitrogens with one attached hydrogen (secondary N) is 3. The summed E-state index contributed by atoms with van der Waals surface area (Å²) in [7, 11) is 0. The molecule has 2 aromatic rings. The number of rotatable bonds is 7. The largest absolute Gasteiger partial charge is 0.416 e. The minimum absolute atomic E-state index is 0.0646. The van der Waals surface area contributed by atoms with Crippen LogP contribution in [0.15, 0.2) is 48.5 Å². The van der Waals surface area contributed by atoms with Gasteiger partial charge in [0.25, 0.3) is 5.91 Å². The molecule has 0 saturated carbocycles. The highest BCUT2D eigenvalue weighted by Crippen LogP contribution is 2.29. The van der Waals surface area contributed by atoms with Gasteiger partial charge in [0.05, 0.1) is 25.2 Å². The number of quaternary nitrogens is 1. The van der Waals surface area contributed by atoms with Crippen molar-refractivity contribution in [3.8, 4) is 0 Å². The molecular formula is C22H25F3N3O2+. The minimum atomic E-state index is -4.46. The number of hydrogen-bond acceptors (Lipinski definition) is 2. The van der Waals surface area contributed by atoms with E-state index in [0.29, 0.717) is 6.54 Å². The van der Waals surface area contributed by atoms with E-state index in [-0.39, 0.29) is 18.0 Å². The Balaban J connectivity index is 1.47. The fraction of sp³-hybridized carbons (Fsp3) is 0.364. The molecule has 0 atom stereocenters. The molecule has 5 nitrogen and oxygen atoms in total. The van der Waals surface area contributed by atoms with E-state index >= 15 is 0 Å². The molecule has 1 aliphatic heterocycles. The van der Waals surface area contributed by atoms with Gasteiger partial charge < -0.3 is 15.5 Å². The second kappa shape index (κ2) is 9.75. The molecule has 1 saturated heterocycles. The van der Waals surface area contributed by atoms with Crippen LogP contribution in [0, 0.1) is 0 Å². The maximum Gasteiger partial charge on any atom is 0.416 e. The lowest BCUT2D eigenvalue weighted by molar-refractivity contribution is -0.901. The number of halogens is 3. The highest BCUT2D eigenvalue weighted by atomic mass is 19.4. The third-order valence-corrected chi connectivity index (χ3v) is 5.23. The number of carbonyl (C=O) groups excluding carboxylic acids is 2. The highest BCUT2D eigenvalue weighted by molar-refractivity contribution is 5.96. The second-order valence-corrected chi connectivity index (χ2v) is 7.44. The molecular weight excluding hydrogens is 395 g/mol. The molecule has 0 aromatic heterocycles. The molecule has 8 heteroatoms. The van der Waals surface area contributed by atoms with Gasteiger partial charge in [-0.2, -0.15) is 13.2 Å². The van der Waals surface area contributed by atoms with Crippen LogP contribution in [0.25, 0.3) is 0 Å². The fourth-order valence-corrected chi connectivity index (χ4v) is 3.55. The van der Waals surface area contributed by atoms with Crippen molar-refractivity contribution in [2.75, 3.05) is 19.6 Å². The van der Waals surface area contributed by atoms with Gasteiger partial charge in [-0.15, -0.1) is 0 Å². The van der Waals surface area contributed by atoms with E-state index in [9.17, 15) is 22.8 Å². The molecule has 30 heavy (non-hydrogen) atoms. The number of carbonyl (C=O) groups is 2. The second-order valence-electron chi connectivity index (χ2n) is 7.44. The summed E-state index contributed by atoms with van der Waals surface area (Å²) in [4.78, 5) is 25.7. The van der Waals surface area contributed by atoms with Gasteiger partial charge in [0.1, 0.15) is 6.54 Å². The fourth-order valence-electron chi connectivity index (χ4n) is 3.55. The summed E-state index contributed by atoms with van der Waals surface area (Å²) in [6, 6.07) is 11.8. The van der Waals surface area contributed by atoms with Crippen LogP contribution in [0.4, 0.5) is 13.2 Å². The summed E-state index contributed by atoms with van der Waals surface area (Å²) < 4.78 is 37.8. The molecule has 0 spiro atoms. The van der Waals surface area contributed by atoms with Crippen LogP contribution in [0.2, 0.25) is 0 Å². The van der Waals surface area contributed by atoms with Gasteiger partial charge in [-0.3, -0.25) is 9.59 Å². The minimum Gasteiger partial charge on any atom is -0.350 e. The Kier molecular flexibility index (Phi) is 7.10. The maximum atomic E-state index is 12.6. The summed E-state index contributed by atoms with van der Waals surface area (Å²) in [6.07, 6.45) is -1.97. The first-order chi connectivity index (χ1) is 14.3. The van der Waals surface area contributed by atoms with E-state index < -0.39 is 17.6 Å². The van der Waals surface area contributed by atoms with Crippen molar-refractivity contribution in [2.45, 2.75) is 32.1 Å². The van der Waals surface area contributed by atoms with Crippen molar-refractivity contribution >= 4 is 11.8 Å². The number of likely N-dealkylation sites (tertiary alicyclic amines) is 1. The molecule has 1 aliphatic rings. The van der Waals surface area contributed by atoms with Crippen molar-refractivity contribution in [2.24, 2.45) is 0 Å². The Morgan fingerprint density at radius 2 is 1.53 bits per heavy atom. The Morgan fingerprint density at radius 3 is 2.17 bits per heavy atom. The Bertz CT molecular complexity index is 876. The van der Waals surface area contributed by atoms with E-state index in [4.69, 9.17) is 0 Å². The van der Waals surface area contributed by atoms with Gasteiger partial charge in [0.2, 0.25) is 5.91 Å². The lowest BCUT2D eigenvalue weighted by Gasteiger charge is -2.15. The van der Waals surface area contributed by atoms with Gasteiger partial charge in [0.15, 0.2) is 0 Å². The first-order valence-corrected chi connectivity index (χ1v) is 9.95. The van der Waals surface area contributed by atoms with Crippen molar-refractivity contribution in [3.63, 3.8) is 0 Å². The zero-order chi connectivity index (χ0) is 21.6. The summed E-state index contributed by atoms with van der Waals surface area (Å²) in [6.45, 7) is 3.36. The molecule has 160 valence electrons. The standard InChI is InChI=1S/C22H24F3N3O2/c23-22(24,25)19-9-7-16(8-10-19)21(30)27-14-20(29)26-13-17-5-1-2-6-18(17)15-28-11-3-4-12-28/h1-2,5-10H,3-4,11-15H2,(H,26,29)(H,27,30)/p+1. The van der Waals surface area contributed by atoms with Crippen LogP contribution < -0.4 is 15.5 Å². The van der Waals surface area contributed by atoms with E-state index in [2.05, 4.69) is 16.7 Å². The van der Waals surface area contributed by atoms with Crippen LogP contribution in [0.3, 0.4) is 0 Å². The molecule has 2 amide bonds. The molecule has 3 N–H and O–H groups in total. The van der Waals surface area contributed by atoms with Crippen LogP contribution in [-0.2, 0) is 24.1 Å². The maximum absolute atomic E-state index is 12.6. The highest BCUT2D eigenvalue weighted by Gasteiger charge is 2.30. The lowest BCUT2D eigenvalue weighted by atomic mass is 10.1. The SMILES string of the molecule is O=C(CNC(=O)c1ccc(C(F)(F)F)cc1)NCc1ccccc1C[NH+]1CCCC1. The van der Waals surface area contributed by atoms with E-state index in [1.807, 2.05) is 18.2 Å². The van der Waals surface area contributed by atoms with Crippen molar-refractivity contribution < 1.29 is 27.7 Å². The average Bonchev–Trinajstić information content (AvgIpc) is 3.24. The van der Waals surface area contributed by atoms with Crippen LogP contribution in [0.5, 0.6) is 0 Å². The molecule has 0 radical (unpaired) electrons. The first kappa shape index (κ1) is 21.8. The summed E-state index contributed by atoms with van der Waals surface area (Å²) in [5, 5.41) is 5.22. The van der Waals surface area contributed by atoms with Crippen molar-refractivity contribution in [1.82, 2.24) is 10.6 Å². The van der Waals surface area contributed by atoms with Crippen molar-refractivity contribution in [1.29, 1.82) is 0 Å². The molecule has 0 bridgehead atoms. The molecule has 0 unspecified atom stereocenters. The van der Waals surface area contributed by atoms with Gasteiger partial charge in [-0.1, -0.05) is 24.3 Å². The predicted molar refractivity (Wildman–Crippen MR) is 106 cm³/mol. The number of benzene rings is 2. The van der Waals surface area contributed by atoms with E-state index in [1.165, 1.54) is 23.3 Å². The third-order valence-electron chi connectivity index (χ3n) is 5.23. The monoisotopic (exact) mass is 420 g/mol. The molecule has 0 aliphatic carbocycles. The van der Waals surface area contributed by atoms with Gasteiger partial charge in [0, 0.05) is 30.5 Å². The smallest absolute Gasteiger partial charge is 0.350 e. The molecule has 1 heterocycles. The van der Waals surface area contributed by atoms with Crippen LogP contribution >= 0.6 is 0 Å².